The molecule has 0 saturated heterocycles. The van der Waals surface area contributed by atoms with E-state index in [1.807, 2.05) is 12.1 Å². The van der Waals surface area contributed by atoms with Crippen LogP contribution in [0.4, 0.5) is 5.69 Å². The lowest BCUT2D eigenvalue weighted by Gasteiger charge is -2.17. The Morgan fingerprint density at radius 2 is 2.06 bits per heavy atom. The minimum absolute atomic E-state index is 0.200. The number of anilines is 1. The first kappa shape index (κ1) is 22.9. The maximum absolute atomic E-state index is 12.5. The molecular weight excluding hydrogens is 410 g/mol. The zero-order valence-electron chi connectivity index (χ0n) is 18.0. The Hall–Kier alpha value is -3.75. The fourth-order valence-electron chi connectivity index (χ4n) is 3.25. The smallest absolute Gasteiger partial charge is 0.328 e. The summed E-state index contributed by atoms with van der Waals surface area (Å²) in [4.78, 5) is 45.6. The van der Waals surface area contributed by atoms with E-state index in [4.69, 9.17) is 4.74 Å². The van der Waals surface area contributed by atoms with Gasteiger partial charge in [0.1, 0.15) is 11.9 Å². The van der Waals surface area contributed by atoms with Crippen molar-refractivity contribution in [3.8, 4) is 0 Å². The van der Waals surface area contributed by atoms with Crippen molar-refractivity contribution in [3.63, 3.8) is 0 Å². The van der Waals surface area contributed by atoms with Crippen LogP contribution in [0.25, 0.3) is 0 Å². The van der Waals surface area contributed by atoms with Gasteiger partial charge in [-0.2, -0.15) is 0 Å². The number of amides is 2. The number of nitrogens with one attached hydrogen (secondary N) is 3. The highest BCUT2D eigenvalue weighted by Crippen LogP contribution is 2.14. The van der Waals surface area contributed by atoms with Gasteiger partial charge >= 0.3 is 5.97 Å². The van der Waals surface area contributed by atoms with Crippen LogP contribution in [-0.4, -0.2) is 54.3 Å². The lowest BCUT2D eigenvalue weighted by molar-refractivity contribution is -0.147. The summed E-state index contributed by atoms with van der Waals surface area (Å²) in [5.41, 5.74) is 1.96. The summed E-state index contributed by atoms with van der Waals surface area (Å²) in [5.74, 6) is -0.516. The van der Waals surface area contributed by atoms with E-state index in [0.717, 1.165) is 36.5 Å². The first-order valence-electron chi connectivity index (χ1n) is 10.6. The van der Waals surface area contributed by atoms with Crippen molar-refractivity contribution in [3.05, 3.63) is 59.9 Å². The molecule has 0 bridgehead atoms. The third-order valence-corrected chi connectivity index (χ3v) is 4.77. The minimum Gasteiger partial charge on any atom is -0.464 e. The van der Waals surface area contributed by atoms with Crippen LogP contribution in [0, 0.1) is 0 Å². The fraction of sp³-hybridized carbons (Fsp3) is 0.348. The van der Waals surface area contributed by atoms with Crippen molar-refractivity contribution < 1.29 is 19.1 Å². The molecule has 2 heterocycles. The van der Waals surface area contributed by atoms with Crippen LogP contribution in [-0.2, 0) is 20.7 Å². The van der Waals surface area contributed by atoms with E-state index in [1.165, 1.54) is 0 Å². The summed E-state index contributed by atoms with van der Waals surface area (Å²) in [7, 11) is 0. The SMILES string of the molecule is CCOC(=O)C(Cc1cccnc1)NC(=O)CNC(=O)c1cccc(NC2=NCCC2)c1. The van der Waals surface area contributed by atoms with Crippen LogP contribution in [0.15, 0.2) is 53.8 Å². The molecule has 0 spiro atoms. The number of aromatic nitrogens is 1. The van der Waals surface area contributed by atoms with E-state index in [1.54, 1.807) is 43.6 Å². The van der Waals surface area contributed by atoms with Crippen molar-refractivity contribution in [1.29, 1.82) is 0 Å². The van der Waals surface area contributed by atoms with Crippen LogP contribution in [0.2, 0.25) is 0 Å². The number of nitrogens with zero attached hydrogens (tertiary/aromatic N) is 2. The number of esters is 1. The Balaban J connectivity index is 1.54. The second-order valence-corrected chi connectivity index (χ2v) is 7.26. The summed E-state index contributed by atoms with van der Waals surface area (Å²) in [5, 5.41) is 8.43. The van der Waals surface area contributed by atoms with Gasteiger partial charge in [0.05, 0.1) is 13.2 Å². The summed E-state index contributed by atoms with van der Waals surface area (Å²) in [6.07, 6.45) is 5.40. The van der Waals surface area contributed by atoms with E-state index >= 15 is 0 Å². The number of benzene rings is 1. The van der Waals surface area contributed by atoms with Crippen molar-refractivity contribution in [1.82, 2.24) is 15.6 Å². The quantitative estimate of drug-likeness (QED) is 0.514. The minimum atomic E-state index is -0.872. The standard InChI is InChI=1S/C23H27N5O4/c1-2-32-23(31)19(12-16-6-4-10-24-14-16)28-21(29)15-26-22(30)17-7-3-8-18(13-17)27-20-9-5-11-25-20/h3-4,6-8,10,13-14,19H,2,5,9,11-12,15H2,1H3,(H,25,27)(H,26,30)(H,28,29). The van der Waals surface area contributed by atoms with Crippen molar-refractivity contribution >= 4 is 29.3 Å². The Morgan fingerprint density at radius 1 is 1.19 bits per heavy atom. The highest BCUT2D eigenvalue weighted by Gasteiger charge is 2.23. The third kappa shape index (κ3) is 6.90. The molecule has 0 aliphatic carbocycles. The van der Waals surface area contributed by atoms with Gasteiger partial charge in [-0.15, -0.1) is 0 Å². The Kier molecular flexibility index (Phi) is 8.30. The Labute approximate surface area is 186 Å². The largest absolute Gasteiger partial charge is 0.464 e. The number of pyridine rings is 1. The Bertz CT molecular complexity index is 977. The molecule has 9 heteroatoms. The van der Waals surface area contributed by atoms with Gasteiger partial charge in [-0.05, 0) is 43.2 Å². The van der Waals surface area contributed by atoms with Crippen LogP contribution >= 0.6 is 0 Å². The van der Waals surface area contributed by atoms with Crippen molar-refractivity contribution in [2.45, 2.75) is 32.2 Å². The average molecular weight is 438 g/mol. The topological polar surface area (TPSA) is 122 Å². The molecule has 3 rings (SSSR count). The molecule has 1 aromatic carbocycles. The maximum atomic E-state index is 12.5. The lowest BCUT2D eigenvalue weighted by Crippen LogP contribution is -2.47. The summed E-state index contributed by atoms with van der Waals surface area (Å²) in [6, 6.07) is 9.68. The van der Waals surface area contributed by atoms with Crippen molar-refractivity contribution in [2.75, 3.05) is 25.0 Å². The predicted molar refractivity (Wildman–Crippen MR) is 120 cm³/mol. The number of carbonyl (C=O) groups excluding carboxylic acids is 3. The van der Waals surface area contributed by atoms with E-state index in [9.17, 15) is 14.4 Å². The van der Waals surface area contributed by atoms with Gasteiger partial charge in [-0.25, -0.2) is 4.79 Å². The van der Waals surface area contributed by atoms with E-state index in [-0.39, 0.29) is 19.6 Å². The molecule has 3 N–H and O–H groups in total. The van der Waals surface area contributed by atoms with Gasteiger partial charge in [-0.3, -0.25) is 19.6 Å². The lowest BCUT2D eigenvalue weighted by atomic mass is 10.1. The third-order valence-electron chi connectivity index (χ3n) is 4.77. The van der Waals surface area contributed by atoms with Crippen molar-refractivity contribution in [2.24, 2.45) is 4.99 Å². The van der Waals surface area contributed by atoms with Gasteiger partial charge in [-0.1, -0.05) is 12.1 Å². The normalized spacial score (nSPS) is 13.6. The molecule has 168 valence electrons. The average Bonchev–Trinajstić information content (AvgIpc) is 3.31. The zero-order valence-corrected chi connectivity index (χ0v) is 18.0. The van der Waals surface area contributed by atoms with E-state index in [2.05, 4.69) is 25.9 Å². The molecule has 1 aliphatic heterocycles. The van der Waals surface area contributed by atoms with Gasteiger partial charge in [0.25, 0.3) is 5.91 Å². The van der Waals surface area contributed by atoms with Gasteiger partial charge in [0.2, 0.25) is 5.91 Å². The molecule has 0 fully saturated rings. The number of hydrogen-bond acceptors (Lipinski definition) is 7. The monoisotopic (exact) mass is 437 g/mol. The molecule has 0 radical (unpaired) electrons. The molecule has 1 aliphatic rings. The molecule has 0 saturated carbocycles. The molecule has 32 heavy (non-hydrogen) atoms. The number of ether oxygens (including phenoxy) is 1. The molecule has 1 aromatic heterocycles. The van der Waals surface area contributed by atoms with E-state index in [0.29, 0.717) is 5.56 Å². The van der Waals surface area contributed by atoms with Gasteiger partial charge < -0.3 is 20.7 Å². The fourth-order valence-corrected chi connectivity index (χ4v) is 3.25. The number of aliphatic imine (C=N–C) groups is 1. The first-order chi connectivity index (χ1) is 15.5. The number of hydrogen-bond donors (Lipinski definition) is 3. The Morgan fingerprint density at radius 3 is 2.78 bits per heavy atom. The van der Waals surface area contributed by atoms with E-state index < -0.39 is 23.8 Å². The van der Waals surface area contributed by atoms with Gasteiger partial charge in [0, 0.05) is 43.0 Å². The molecule has 1 atom stereocenters. The zero-order chi connectivity index (χ0) is 22.8. The van der Waals surface area contributed by atoms with Crippen LogP contribution in [0.5, 0.6) is 0 Å². The molecule has 1 unspecified atom stereocenters. The highest BCUT2D eigenvalue weighted by atomic mass is 16.5. The number of rotatable bonds is 9. The first-order valence-corrected chi connectivity index (χ1v) is 10.6. The van der Waals surface area contributed by atoms with Gasteiger partial charge in [0.15, 0.2) is 0 Å². The number of amidine groups is 1. The summed E-state index contributed by atoms with van der Waals surface area (Å²) < 4.78 is 5.06. The second kappa shape index (κ2) is 11.6. The summed E-state index contributed by atoms with van der Waals surface area (Å²) in [6.45, 7) is 2.44. The predicted octanol–water partition coefficient (Wildman–Crippen LogP) is 1.71. The van der Waals surface area contributed by atoms with Crippen LogP contribution in [0.1, 0.15) is 35.7 Å². The molecular formula is C23H27N5O4. The molecule has 2 aromatic rings. The summed E-state index contributed by atoms with van der Waals surface area (Å²) >= 11 is 0. The maximum Gasteiger partial charge on any atom is 0.328 e. The van der Waals surface area contributed by atoms with Crippen LogP contribution < -0.4 is 16.0 Å². The highest BCUT2D eigenvalue weighted by molar-refractivity contribution is 6.00. The van der Waals surface area contributed by atoms with Crippen LogP contribution in [0.3, 0.4) is 0 Å². The molecule has 2 amide bonds. The number of carbonyl (C=O) groups is 3. The molecule has 9 nitrogen and oxygen atoms in total. The second-order valence-electron chi connectivity index (χ2n) is 7.26.